The van der Waals surface area contributed by atoms with E-state index in [1.165, 1.54) is 60.3 Å². The molecule has 0 atom stereocenters. The second kappa shape index (κ2) is 5.47. The van der Waals surface area contributed by atoms with E-state index in [1.54, 1.807) is 0 Å². The van der Waals surface area contributed by atoms with Crippen molar-refractivity contribution in [2.45, 2.75) is 32.1 Å². The summed E-state index contributed by atoms with van der Waals surface area (Å²) in [5.41, 5.74) is 7.09. The second-order valence-corrected chi connectivity index (χ2v) is 6.53. The lowest BCUT2D eigenvalue weighted by Gasteiger charge is -2.39. The van der Waals surface area contributed by atoms with Crippen LogP contribution in [0.1, 0.15) is 36.0 Å². The highest BCUT2D eigenvalue weighted by Gasteiger charge is 2.30. The van der Waals surface area contributed by atoms with Crippen LogP contribution in [-0.2, 0) is 12.8 Å². The summed E-state index contributed by atoms with van der Waals surface area (Å²) >= 11 is 0. The van der Waals surface area contributed by atoms with E-state index in [2.05, 4.69) is 28.9 Å². The first-order valence-corrected chi connectivity index (χ1v) is 8.44. The van der Waals surface area contributed by atoms with Crippen LogP contribution < -0.4 is 15.0 Å². The third kappa shape index (κ3) is 2.15. The fourth-order valence-electron chi connectivity index (χ4n) is 4.09. The minimum atomic E-state index is 0.780. The molecule has 0 bridgehead atoms. The Hall–Kier alpha value is -1.74. The van der Waals surface area contributed by atoms with E-state index >= 15 is 0 Å². The number of anilines is 1. The van der Waals surface area contributed by atoms with E-state index < -0.39 is 0 Å². The summed E-state index contributed by atoms with van der Waals surface area (Å²) in [4.78, 5) is 2.57. The van der Waals surface area contributed by atoms with Gasteiger partial charge in [-0.05, 0) is 69.0 Å². The van der Waals surface area contributed by atoms with Crippen molar-refractivity contribution in [3.05, 3.63) is 41.2 Å². The number of fused-ring (bicyclic) bond motifs is 2. The lowest BCUT2D eigenvalue weighted by Crippen LogP contribution is -2.35. The fraction of sp³-hybridized carbons (Fsp3) is 0.474. The van der Waals surface area contributed by atoms with Crippen LogP contribution in [0.15, 0.2) is 24.5 Å². The molecule has 1 N–H and O–H groups in total. The maximum atomic E-state index is 6.09. The molecule has 116 valence electrons. The summed E-state index contributed by atoms with van der Waals surface area (Å²) in [6, 6.07) is 2.39. The van der Waals surface area contributed by atoms with E-state index in [0.717, 1.165) is 30.9 Å². The number of aryl methyl sites for hydroxylation is 1. The quantitative estimate of drug-likeness (QED) is 0.926. The van der Waals surface area contributed by atoms with Crippen LogP contribution in [-0.4, -0.2) is 26.7 Å². The average molecular weight is 296 g/mol. The van der Waals surface area contributed by atoms with Crippen LogP contribution in [0.2, 0.25) is 0 Å². The van der Waals surface area contributed by atoms with Crippen LogP contribution in [0.4, 0.5) is 5.69 Å². The van der Waals surface area contributed by atoms with Crippen LogP contribution in [0.3, 0.4) is 0 Å². The van der Waals surface area contributed by atoms with Gasteiger partial charge in [0.1, 0.15) is 11.5 Å². The molecule has 3 aliphatic rings. The summed E-state index contributed by atoms with van der Waals surface area (Å²) in [5.74, 6) is 1.87. The molecule has 1 aromatic carbocycles. The molecule has 0 radical (unpaired) electrons. The van der Waals surface area contributed by atoms with Crippen molar-refractivity contribution in [3.63, 3.8) is 0 Å². The summed E-state index contributed by atoms with van der Waals surface area (Å²) in [6.07, 6.45) is 7.97. The van der Waals surface area contributed by atoms with Gasteiger partial charge in [0.05, 0.1) is 0 Å². The zero-order valence-electron chi connectivity index (χ0n) is 13.4. The van der Waals surface area contributed by atoms with Gasteiger partial charge in [-0.3, -0.25) is 0 Å². The molecule has 0 saturated heterocycles. The molecule has 0 amide bonds. The first kappa shape index (κ1) is 13.9. The number of hydrogen-bond donors (Lipinski definition) is 1. The summed E-state index contributed by atoms with van der Waals surface area (Å²) in [6.45, 7) is 7.44. The zero-order valence-corrected chi connectivity index (χ0v) is 13.4. The van der Waals surface area contributed by atoms with Gasteiger partial charge in [0, 0.05) is 29.9 Å². The molecule has 4 rings (SSSR count). The fourth-order valence-corrected chi connectivity index (χ4v) is 4.09. The third-order valence-electron chi connectivity index (χ3n) is 5.03. The first-order valence-electron chi connectivity index (χ1n) is 8.44. The molecule has 0 unspecified atom stereocenters. The number of nitrogens with zero attached hydrogens (tertiary/aromatic N) is 1. The van der Waals surface area contributed by atoms with Crippen molar-refractivity contribution in [2.75, 3.05) is 31.6 Å². The zero-order chi connectivity index (χ0) is 15.1. The van der Waals surface area contributed by atoms with Crippen LogP contribution in [0.25, 0.3) is 5.57 Å². The Labute approximate surface area is 132 Å². The molecule has 0 aliphatic carbocycles. The maximum Gasteiger partial charge on any atom is 0.140 e. The van der Waals surface area contributed by atoms with Gasteiger partial charge in [0.25, 0.3) is 0 Å². The molecule has 3 heterocycles. The highest BCUT2D eigenvalue weighted by atomic mass is 16.5. The van der Waals surface area contributed by atoms with Gasteiger partial charge < -0.3 is 15.0 Å². The highest BCUT2D eigenvalue weighted by Crippen LogP contribution is 2.47. The van der Waals surface area contributed by atoms with Crippen LogP contribution in [0, 0.1) is 0 Å². The number of rotatable bonds is 3. The van der Waals surface area contributed by atoms with E-state index in [4.69, 9.17) is 4.74 Å². The Balaban J connectivity index is 1.86. The molecular weight excluding hydrogens is 272 g/mol. The van der Waals surface area contributed by atoms with E-state index in [0.29, 0.717) is 0 Å². The van der Waals surface area contributed by atoms with Crippen molar-refractivity contribution in [2.24, 2.45) is 0 Å². The van der Waals surface area contributed by atoms with Gasteiger partial charge >= 0.3 is 0 Å². The lowest BCUT2D eigenvalue weighted by molar-refractivity contribution is 0.431. The topological polar surface area (TPSA) is 24.5 Å². The number of allylic oxidation sites excluding steroid dienone is 1. The monoisotopic (exact) mass is 296 g/mol. The Morgan fingerprint density at radius 1 is 1.27 bits per heavy atom. The van der Waals surface area contributed by atoms with Crippen molar-refractivity contribution >= 4 is 11.3 Å². The average Bonchev–Trinajstić information content (AvgIpc) is 2.54. The minimum Gasteiger partial charge on any atom is -0.457 e. The Morgan fingerprint density at radius 2 is 2.09 bits per heavy atom. The maximum absolute atomic E-state index is 6.09. The molecule has 3 aliphatic heterocycles. The molecule has 3 heteroatoms. The molecule has 22 heavy (non-hydrogen) atoms. The molecular formula is C19H24N2O. The number of nitrogens with one attached hydrogen (secondary N) is 1. The molecule has 3 nitrogen and oxygen atoms in total. The number of ether oxygens (including phenoxy) is 1. The second-order valence-electron chi connectivity index (χ2n) is 6.53. The minimum absolute atomic E-state index is 0.780. The van der Waals surface area contributed by atoms with E-state index in [-0.39, 0.29) is 0 Å². The van der Waals surface area contributed by atoms with Gasteiger partial charge in [-0.25, -0.2) is 0 Å². The normalized spacial score (nSPS) is 19.2. The number of hydrogen-bond acceptors (Lipinski definition) is 3. The number of benzene rings is 1. The van der Waals surface area contributed by atoms with E-state index in [9.17, 15) is 0 Å². The Morgan fingerprint density at radius 3 is 2.91 bits per heavy atom. The molecule has 0 spiro atoms. The van der Waals surface area contributed by atoms with Crippen molar-refractivity contribution < 1.29 is 4.74 Å². The molecule has 0 aromatic heterocycles. The van der Waals surface area contributed by atoms with Crippen LogP contribution in [0.5, 0.6) is 5.75 Å². The van der Waals surface area contributed by atoms with E-state index in [1.807, 2.05) is 7.05 Å². The van der Waals surface area contributed by atoms with Gasteiger partial charge in [0.15, 0.2) is 0 Å². The molecule has 0 saturated carbocycles. The molecule has 1 aromatic rings. The smallest absolute Gasteiger partial charge is 0.140 e. The summed E-state index contributed by atoms with van der Waals surface area (Å²) in [5, 5.41) is 3.25. The third-order valence-corrected chi connectivity index (χ3v) is 5.03. The SMILES string of the molecule is C=C1C=C(CCNC)c2cc3c4c(c2O1)CCCN4CCC3. The van der Waals surface area contributed by atoms with Gasteiger partial charge in [0.2, 0.25) is 0 Å². The predicted octanol–water partition coefficient (Wildman–Crippen LogP) is 3.28. The predicted molar refractivity (Wildman–Crippen MR) is 91.6 cm³/mol. The standard InChI is InChI=1S/C19H24N2O/c1-13-11-14(7-8-20-2)17-12-15-5-3-9-21-10-4-6-16(18(15)21)19(17)22-13/h11-12,20H,1,3-10H2,2H3. The van der Waals surface area contributed by atoms with Gasteiger partial charge in [-0.15, -0.1) is 0 Å². The Bertz CT molecular complexity index is 658. The van der Waals surface area contributed by atoms with Crippen molar-refractivity contribution in [1.29, 1.82) is 0 Å². The van der Waals surface area contributed by atoms with Gasteiger partial charge in [-0.1, -0.05) is 6.58 Å². The van der Waals surface area contributed by atoms with Crippen molar-refractivity contribution in [3.8, 4) is 5.75 Å². The Kier molecular flexibility index (Phi) is 3.45. The highest BCUT2D eigenvalue weighted by molar-refractivity contribution is 5.82. The van der Waals surface area contributed by atoms with Gasteiger partial charge in [-0.2, -0.15) is 0 Å². The van der Waals surface area contributed by atoms with Crippen molar-refractivity contribution in [1.82, 2.24) is 5.32 Å². The largest absolute Gasteiger partial charge is 0.457 e. The van der Waals surface area contributed by atoms with Crippen LogP contribution >= 0.6 is 0 Å². The molecule has 0 fully saturated rings. The summed E-state index contributed by atoms with van der Waals surface area (Å²) in [7, 11) is 2.00. The lowest BCUT2D eigenvalue weighted by atomic mass is 9.85. The first-order chi connectivity index (χ1) is 10.8. The summed E-state index contributed by atoms with van der Waals surface area (Å²) < 4.78 is 6.09.